The molecule has 3 nitrogen and oxygen atoms in total. The van der Waals surface area contributed by atoms with Gasteiger partial charge in [-0.3, -0.25) is 0 Å². The number of aliphatic hydroxyl groups is 3. The molecule has 0 aliphatic heterocycles. The maximum atomic E-state index is 13.1. The molecule has 19 heavy (non-hydrogen) atoms. The first-order valence-corrected chi connectivity index (χ1v) is 4.95. The van der Waals surface area contributed by atoms with Gasteiger partial charge >= 0.3 is 17.9 Å². The summed E-state index contributed by atoms with van der Waals surface area (Å²) in [5.41, 5.74) is 0. The third-order valence-corrected chi connectivity index (χ3v) is 2.60. The summed E-state index contributed by atoms with van der Waals surface area (Å²) in [6.07, 6.45) is -9.03. The second-order valence-corrected chi connectivity index (χ2v) is 4.06. The van der Waals surface area contributed by atoms with Crippen LogP contribution in [-0.4, -0.2) is 39.3 Å². The summed E-state index contributed by atoms with van der Waals surface area (Å²) < 4.78 is 62.3. The van der Waals surface area contributed by atoms with E-state index in [1.54, 1.807) is 6.92 Å². The number of rotatable bonds is 5. The molecule has 0 rings (SSSR count). The Labute approximate surface area is 110 Å². The predicted octanol–water partition coefficient (Wildman–Crippen LogP) is 2.93. The van der Waals surface area contributed by atoms with Crippen LogP contribution >= 0.6 is 0 Å². The topological polar surface area (TPSA) is 60.7 Å². The largest absolute Gasteiger partial charge is 0.449 e. The van der Waals surface area contributed by atoms with E-state index in [-0.39, 0.29) is 14.9 Å². The molecule has 0 saturated carbocycles. The van der Waals surface area contributed by atoms with Crippen molar-refractivity contribution in [1.82, 2.24) is 0 Å². The van der Waals surface area contributed by atoms with Gasteiger partial charge in [-0.2, -0.15) is 22.0 Å². The Morgan fingerprint density at radius 2 is 1.37 bits per heavy atom. The van der Waals surface area contributed by atoms with Crippen molar-refractivity contribution in [1.29, 1.82) is 0 Å². The molecular formula is C11H23F5O3. The van der Waals surface area contributed by atoms with Gasteiger partial charge in [0.15, 0.2) is 0 Å². The van der Waals surface area contributed by atoms with E-state index in [0.29, 0.717) is 6.42 Å². The molecule has 0 aromatic carbocycles. The minimum atomic E-state index is -5.95. The van der Waals surface area contributed by atoms with E-state index in [0.717, 1.165) is 0 Å². The van der Waals surface area contributed by atoms with Crippen molar-refractivity contribution in [2.45, 2.75) is 65.5 Å². The van der Waals surface area contributed by atoms with Crippen LogP contribution in [0.4, 0.5) is 22.0 Å². The van der Waals surface area contributed by atoms with Gasteiger partial charge in [-0.1, -0.05) is 35.1 Å². The lowest BCUT2D eigenvalue weighted by Gasteiger charge is -2.35. The van der Waals surface area contributed by atoms with Crippen molar-refractivity contribution in [2.75, 3.05) is 0 Å². The van der Waals surface area contributed by atoms with Crippen LogP contribution in [0.1, 0.15) is 41.5 Å². The van der Waals surface area contributed by atoms with E-state index >= 15 is 0 Å². The van der Waals surface area contributed by atoms with Gasteiger partial charge in [0.1, 0.15) is 6.10 Å². The number of hydrogen-bond donors (Lipinski definition) is 3. The van der Waals surface area contributed by atoms with Crippen molar-refractivity contribution in [3.05, 3.63) is 0 Å². The zero-order valence-corrected chi connectivity index (χ0v) is 9.30. The molecule has 0 saturated heterocycles. The van der Waals surface area contributed by atoms with Gasteiger partial charge in [-0.15, -0.1) is 0 Å². The number of hydrogen-bond acceptors (Lipinski definition) is 3. The van der Waals surface area contributed by atoms with Gasteiger partial charge in [0.2, 0.25) is 0 Å². The fourth-order valence-electron chi connectivity index (χ4n) is 1.12. The van der Waals surface area contributed by atoms with Crippen LogP contribution < -0.4 is 0 Å². The summed E-state index contributed by atoms with van der Waals surface area (Å²) in [6.45, 7) is 3.05. The van der Waals surface area contributed by atoms with Crippen LogP contribution in [0, 0.1) is 5.92 Å². The molecule has 0 aliphatic rings. The quantitative estimate of drug-likeness (QED) is 0.540. The summed E-state index contributed by atoms with van der Waals surface area (Å²) in [4.78, 5) is 0. The predicted molar refractivity (Wildman–Crippen MR) is 61.7 cm³/mol. The SMILES string of the molecule is C.C.CCC(C)CC(O)C(F)(F)C(O)(O)C(F)(F)F. The number of alkyl halides is 5. The van der Waals surface area contributed by atoms with Crippen molar-refractivity contribution in [3.63, 3.8) is 0 Å². The molecule has 2 unspecified atom stereocenters. The van der Waals surface area contributed by atoms with Crippen LogP contribution in [0.3, 0.4) is 0 Å². The van der Waals surface area contributed by atoms with E-state index in [2.05, 4.69) is 0 Å². The molecule has 0 amide bonds. The lowest BCUT2D eigenvalue weighted by Crippen LogP contribution is -2.63. The second-order valence-electron chi connectivity index (χ2n) is 4.06. The first-order chi connectivity index (χ1) is 7.38. The normalized spacial score (nSPS) is 16.1. The Balaban J connectivity index is -0.00000128. The van der Waals surface area contributed by atoms with Gasteiger partial charge in [0.05, 0.1) is 0 Å². The highest BCUT2D eigenvalue weighted by molar-refractivity contribution is 4.95. The average molecular weight is 298 g/mol. The summed E-state index contributed by atoms with van der Waals surface area (Å²) in [7, 11) is 0. The van der Waals surface area contributed by atoms with Crippen LogP contribution in [0.5, 0.6) is 0 Å². The first kappa shape index (κ1) is 23.6. The monoisotopic (exact) mass is 298 g/mol. The minimum Gasteiger partial charge on any atom is -0.387 e. The van der Waals surface area contributed by atoms with E-state index < -0.39 is 36.3 Å². The molecule has 3 N–H and O–H groups in total. The Kier molecular flexibility index (Phi) is 9.13. The third-order valence-electron chi connectivity index (χ3n) is 2.60. The second kappa shape index (κ2) is 7.35. The zero-order chi connectivity index (χ0) is 14.1. The Morgan fingerprint density at radius 1 is 1.00 bits per heavy atom. The molecule has 0 fully saturated rings. The van der Waals surface area contributed by atoms with E-state index in [1.807, 2.05) is 0 Å². The van der Waals surface area contributed by atoms with E-state index in [9.17, 15) is 22.0 Å². The molecule has 0 heterocycles. The highest BCUT2D eigenvalue weighted by Gasteiger charge is 2.71. The van der Waals surface area contributed by atoms with Crippen molar-refractivity contribution in [2.24, 2.45) is 5.92 Å². The van der Waals surface area contributed by atoms with Gasteiger partial charge in [0.25, 0.3) is 0 Å². The molecule has 0 aromatic rings. The first-order valence-electron chi connectivity index (χ1n) is 4.95. The van der Waals surface area contributed by atoms with Gasteiger partial charge < -0.3 is 15.3 Å². The maximum absolute atomic E-state index is 13.1. The summed E-state index contributed by atoms with van der Waals surface area (Å²) in [5, 5.41) is 25.9. The molecule has 8 heteroatoms. The maximum Gasteiger partial charge on any atom is 0.449 e. The fourth-order valence-corrected chi connectivity index (χ4v) is 1.12. The molecule has 2 atom stereocenters. The van der Waals surface area contributed by atoms with Crippen LogP contribution in [0.15, 0.2) is 0 Å². The number of aliphatic hydroxyl groups excluding tert-OH is 1. The summed E-state index contributed by atoms with van der Waals surface area (Å²) in [5.74, 6) is -10.8. The molecule has 0 bridgehead atoms. The fraction of sp³-hybridized carbons (Fsp3) is 1.00. The van der Waals surface area contributed by atoms with E-state index in [4.69, 9.17) is 15.3 Å². The highest BCUT2D eigenvalue weighted by Crippen LogP contribution is 2.43. The van der Waals surface area contributed by atoms with Crippen molar-refractivity contribution in [3.8, 4) is 0 Å². The van der Waals surface area contributed by atoms with Crippen LogP contribution in [0.2, 0.25) is 0 Å². The zero-order valence-electron chi connectivity index (χ0n) is 9.30. The standard InChI is InChI=1S/C9H15F5O3.2CH4/c1-3-5(2)4-6(15)7(10,11)8(16,17)9(12,13)14;;/h5-6,15-17H,3-4H2,1-2H3;2*1H4. The van der Waals surface area contributed by atoms with Gasteiger partial charge in [-0.25, -0.2) is 0 Å². The van der Waals surface area contributed by atoms with Crippen LogP contribution in [-0.2, 0) is 0 Å². The smallest absolute Gasteiger partial charge is 0.387 e. The number of halogens is 5. The Bertz CT molecular complexity index is 253. The van der Waals surface area contributed by atoms with Crippen LogP contribution in [0.25, 0.3) is 0 Å². The molecular weight excluding hydrogens is 275 g/mol. The molecule has 120 valence electrons. The Hall–Kier alpha value is -0.470. The van der Waals surface area contributed by atoms with E-state index in [1.165, 1.54) is 6.92 Å². The lowest BCUT2D eigenvalue weighted by atomic mass is 9.93. The molecule has 0 aliphatic carbocycles. The summed E-state index contributed by atoms with van der Waals surface area (Å²) in [6, 6.07) is 0. The van der Waals surface area contributed by atoms with Crippen molar-refractivity contribution >= 4 is 0 Å². The van der Waals surface area contributed by atoms with Gasteiger partial charge in [-0.05, 0) is 12.3 Å². The summed E-state index contributed by atoms with van der Waals surface area (Å²) >= 11 is 0. The molecule has 0 spiro atoms. The Morgan fingerprint density at radius 3 is 1.63 bits per heavy atom. The third kappa shape index (κ3) is 4.85. The van der Waals surface area contributed by atoms with Crippen molar-refractivity contribution < 1.29 is 37.3 Å². The molecule has 0 radical (unpaired) electrons. The lowest BCUT2D eigenvalue weighted by molar-refractivity contribution is -0.429. The highest BCUT2D eigenvalue weighted by atomic mass is 19.4. The molecule has 0 aromatic heterocycles. The minimum absolute atomic E-state index is 0. The average Bonchev–Trinajstić information content (AvgIpc) is 2.15. The van der Waals surface area contributed by atoms with Gasteiger partial charge in [0, 0.05) is 0 Å².